The number of hydrogen-bond donors (Lipinski definition) is 0. The fourth-order valence-corrected chi connectivity index (χ4v) is 7.53. The third-order valence-electron chi connectivity index (χ3n) is 10.0. The molecule has 0 nitrogen and oxygen atoms in total. The number of benzene rings is 1. The van der Waals surface area contributed by atoms with Crippen LogP contribution in [0, 0.1) is 42.9 Å². The zero-order valence-corrected chi connectivity index (χ0v) is 28.2. The zero-order valence-electron chi connectivity index (χ0n) is 28.2. The quantitative estimate of drug-likeness (QED) is 0.216. The van der Waals surface area contributed by atoms with Crippen molar-refractivity contribution in [1.29, 1.82) is 0 Å². The Morgan fingerprint density at radius 1 is 0.744 bits per heavy atom. The van der Waals surface area contributed by atoms with Crippen LogP contribution in [0.1, 0.15) is 181 Å². The summed E-state index contributed by atoms with van der Waals surface area (Å²) in [5, 5.41) is 0. The first-order chi connectivity index (χ1) is 18.9. The molecule has 0 heteroatoms. The van der Waals surface area contributed by atoms with Gasteiger partial charge in [-0.05, 0) is 85.7 Å². The molecule has 0 heterocycles. The third kappa shape index (κ3) is 12.0. The van der Waals surface area contributed by atoms with Crippen molar-refractivity contribution in [3.8, 4) is 12.8 Å². The first-order valence-corrected chi connectivity index (χ1v) is 17.3. The van der Waals surface area contributed by atoms with Crippen molar-refractivity contribution in [2.45, 2.75) is 177 Å². The highest BCUT2D eigenvalue weighted by atomic mass is 14.6. The van der Waals surface area contributed by atoms with Crippen LogP contribution in [-0.2, 0) is 6.42 Å². The number of hydrogen-bond acceptors (Lipinski definition) is 0. The van der Waals surface area contributed by atoms with E-state index in [2.05, 4.69) is 79.5 Å². The number of aryl methyl sites for hydroxylation is 2. The summed E-state index contributed by atoms with van der Waals surface area (Å²) in [5.74, 6) is 3.81. The van der Waals surface area contributed by atoms with Gasteiger partial charge in [0.2, 0.25) is 0 Å². The first-order valence-electron chi connectivity index (χ1n) is 17.3. The van der Waals surface area contributed by atoms with Gasteiger partial charge in [-0.1, -0.05) is 150 Å². The lowest BCUT2D eigenvalue weighted by Crippen LogP contribution is -2.41. The van der Waals surface area contributed by atoms with Gasteiger partial charge in [0, 0.05) is 0 Å². The van der Waals surface area contributed by atoms with Crippen LogP contribution >= 0.6 is 0 Å². The van der Waals surface area contributed by atoms with Crippen molar-refractivity contribution >= 4 is 0 Å². The molecule has 1 aromatic rings. The Bertz CT molecular complexity index is 717. The molecule has 5 unspecified atom stereocenters. The summed E-state index contributed by atoms with van der Waals surface area (Å²) in [6.45, 7) is 20.3. The minimum absolute atomic E-state index is 0.656. The number of rotatable bonds is 9. The van der Waals surface area contributed by atoms with Gasteiger partial charge < -0.3 is 0 Å². The van der Waals surface area contributed by atoms with Crippen LogP contribution in [0.4, 0.5) is 0 Å². The molecule has 4 rings (SSSR count). The summed E-state index contributed by atoms with van der Waals surface area (Å²) < 4.78 is 0. The van der Waals surface area contributed by atoms with E-state index >= 15 is 0 Å². The van der Waals surface area contributed by atoms with E-state index in [1.807, 2.05) is 13.8 Å². The van der Waals surface area contributed by atoms with E-state index in [1.54, 1.807) is 11.1 Å². The fourth-order valence-electron chi connectivity index (χ4n) is 7.53. The SMILES string of the molecule is C#C.CC.CCCCC.CCCCCCCCCC.Cc1ccc2c(c1)CCC1C2CCC2(C)C(C)CCC12. The molecule has 2 fully saturated rings. The normalized spacial score (nSPS) is 25.8. The molecule has 1 aromatic carbocycles. The van der Waals surface area contributed by atoms with Gasteiger partial charge in [0.25, 0.3) is 0 Å². The van der Waals surface area contributed by atoms with E-state index in [0.717, 1.165) is 23.7 Å². The maximum Gasteiger partial charge on any atom is -0.0128 e. The maximum atomic E-state index is 4.00. The lowest BCUT2D eigenvalue weighted by Gasteiger charge is -2.50. The maximum absolute atomic E-state index is 4.00. The van der Waals surface area contributed by atoms with Crippen molar-refractivity contribution in [2.24, 2.45) is 23.2 Å². The lowest BCUT2D eigenvalue weighted by atomic mass is 9.54. The van der Waals surface area contributed by atoms with E-state index < -0.39 is 0 Å². The van der Waals surface area contributed by atoms with Crippen LogP contribution in [0.5, 0.6) is 0 Å². The Kier molecular flexibility index (Phi) is 21.8. The van der Waals surface area contributed by atoms with Gasteiger partial charge >= 0.3 is 0 Å². The van der Waals surface area contributed by atoms with Crippen molar-refractivity contribution in [3.05, 3.63) is 34.9 Å². The molecule has 0 aromatic heterocycles. The average molecular weight is 539 g/mol. The highest BCUT2D eigenvalue weighted by molar-refractivity contribution is 5.37. The summed E-state index contributed by atoms with van der Waals surface area (Å²) in [5.41, 5.74) is 5.48. The number of terminal acetylenes is 1. The summed E-state index contributed by atoms with van der Waals surface area (Å²) in [7, 11) is 0. The molecular formula is C39H70. The van der Waals surface area contributed by atoms with Crippen LogP contribution in [0.15, 0.2) is 18.2 Å². The molecule has 5 atom stereocenters. The Morgan fingerprint density at radius 3 is 1.79 bits per heavy atom. The second-order valence-corrected chi connectivity index (χ2v) is 12.6. The average Bonchev–Trinajstić information content (AvgIpc) is 3.28. The number of unbranched alkanes of at least 4 members (excludes halogenated alkanes) is 9. The summed E-state index contributed by atoms with van der Waals surface area (Å²) in [6.07, 6.45) is 32.2. The molecule has 0 spiro atoms. The molecule has 0 radical (unpaired) electrons. The smallest absolute Gasteiger partial charge is 0.0128 e. The molecule has 3 aliphatic rings. The minimum atomic E-state index is 0.656. The molecular weight excluding hydrogens is 468 g/mol. The summed E-state index contributed by atoms with van der Waals surface area (Å²) in [6, 6.07) is 7.26. The molecule has 0 amide bonds. The second kappa shape index (κ2) is 22.5. The molecule has 0 aliphatic heterocycles. The van der Waals surface area contributed by atoms with Crippen molar-refractivity contribution < 1.29 is 0 Å². The van der Waals surface area contributed by atoms with Gasteiger partial charge in [0.15, 0.2) is 0 Å². The standard InChI is InChI=1S/C20H28.C10H22.C5H12.C2H6.C2H2/c1-13-4-7-16-15(12-13)6-8-18-17(16)10-11-20(3)14(2)5-9-19(18)20;1-3-5-7-9-10-8-6-4-2;1-3-5-4-2;2*1-2/h4,7,12,14,17-19H,5-6,8-11H2,1-3H3;3-10H2,1-2H3;3-5H2,1-2H3;1-2H3;1-2H. The van der Waals surface area contributed by atoms with Crippen LogP contribution in [0.2, 0.25) is 0 Å². The van der Waals surface area contributed by atoms with Crippen LogP contribution in [0.25, 0.3) is 0 Å². The van der Waals surface area contributed by atoms with Gasteiger partial charge in [0.1, 0.15) is 0 Å². The largest absolute Gasteiger partial charge is 0.124 e. The second-order valence-electron chi connectivity index (χ2n) is 12.6. The lowest BCUT2D eigenvalue weighted by molar-refractivity contribution is 0.0337. The molecule has 39 heavy (non-hydrogen) atoms. The van der Waals surface area contributed by atoms with Gasteiger partial charge in [-0.3, -0.25) is 0 Å². The van der Waals surface area contributed by atoms with Gasteiger partial charge in [-0.15, -0.1) is 12.8 Å². The van der Waals surface area contributed by atoms with Gasteiger partial charge in [-0.25, -0.2) is 0 Å². The molecule has 226 valence electrons. The van der Waals surface area contributed by atoms with E-state index in [1.165, 1.54) is 115 Å². The topological polar surface area (TPSA) is 0 Å². The predicted molar refractivity (Wildman–Crippen MR) is 180 cm³/mol. The highest BCUT2D eigenvalue weighted by Gasteiger charge is 2.53. The Balaban J connectivity index is 0.000000643. The molecule has 0 bridgehead atoms. The minimum Gasteiger partial charge on any atom is -0.124 e. The Morgan fingerprint density at radius 2 is 1.28 bits per heavy atom. The highest BCUT2D eigenvalue weighted by Crippen LogP contribution is 2.62. The van der Waals surface area contributed by atoms with Crippen molar-refractivity contribution in [3.63, 3.8) is 0 Å². The molecule has 2 saturated carbocycles. The van der Waals surface area contributed by atoms with E-state index in [-0.39, 0.29) is 0 Å². The van der Waals surface area contributed by atoms with Gasteiger partial charge in [0.05, 0.1) is 0 Å². The van der Waals surface area contributed by atoms with Crippen LogP contribution < -0.4 is 0 Å². The van der Waals surface area contributed by atoms with E-state index in [9.17, 15) is 0 Å². The van der Waals surface area contributed by atoms with Crippen LogP contribution in [0.3, 0.4) is 0 Å². The first kappa shape index (κ1) is 37.8. The van der Waals surface area contributed by atoms with Crippen molar-refractivity contribution in [2.75, 3.05) is 0 Å². The monoisotopic (exact) mass is 539 g/mol. The Hall–Kier alpha value is -1.22. The van der Waals surface area contributed by atoms with E-state index in [4.69, 9.17) is 0 Å². The number of fused-ring (bicyclic) bond motifs is 5. The predicted octanol–water partition coefficient (Wildman–Crippen LogP) is 13.1. The molecule has 3 aliphatic carbocycles. The van der Waals surface area contributed by atoms with Gasteiger partial charge in [-0.2, -0.15) is 0 Å². The Labute approximate surface area is 247 Å². The van der Waals surface area contributed by atoms with Crippen molar-refractivity contribution in [1.82, 2.24) is 0 Å². The van der Waals surface area contributed by atoms with Crippen LogP contribution in [-0.4, -0.2) is 0 Å². The molecule has 0 N–H and O–H groups in total. The summed E-state index contributed by atoms with van der Waals surface area (Å²) in [4.78, 5) is 0. The summed E-state index contributed by atoms with van der Waals surface area (Å²) >= 11 is 0. The third-order valence-corrected chi connectivity index (χ3v) is 10.0. The molecule has 0 saturated heterocycles. The van der Waals surface area contributed by atoms with E-state index in [0.29, 0.717) is 5.41 Å². The zero-order chi connectivity index (χ0) is 29.7. The fraction of sp³-hybridized carbons (Fsp3) is 0.795.